The lowest BCUT2D eigenvalue weighted by atomic mass is 10.1. The molecule has 0 aromatic heterocycles. The molecular weight excluding hydrogens is 374 g/mol. The highest BCUT2D eigenvalue weighted by Crippen LogP contribution is 2.13. The first-order valence-corrected chi connectivity index (χ1v) is 11.3. The van der Waals surface area contributed by atoms with Gasteiger partial charge in [0.25, 0.3) is 5.91 Å². The minimum atomic E-state index is -3.45. The van der Waals surface area contributed by atoms with Crippen LogP contribution in [-0.2, 0) is 23.1 Å². The minimum absolute atomic E-state index is 0.0679. The zero-order valence-corrected chi connectivity index (χ0v) is 16.7. The lowest BCUT2D eigenvalue weighted by molar-refractivity contribution is 0.0956. The molecule has 1 heterocycles. The number of hydrogen-bond donors (Lipinski definition) is 2. The summed E-state index contributed by atoms with van der Waals surface area (Å²) in [5.41, 5.74) is 2.62. The van der Waals surface area contributed by atoms with Gasteiger partial charge in [-0.3, -0.25) is 9.69 Å². The third-order valence-corrected chi connectivity index (χ3v) is 6.14. The molecule has 0 radical (unpaired) electrons. The molecule has 2 aromatic carbocycles. The van der Waals surface area contributed by atoms with E-state index in [2.05, 4.69) is 14.9 Å². The van der Waals surface area contributed by atoms with Crippen LogP contribution in [-0.4, -0.2) is 44.6 Å². The van der Waals surface area contributed by atoms with Crippen molar-refractivity contribution in [3.8, 4) is 0 Å². The van der Waals surface area contributed by atoms with Crippen molar-refractivity contribution in [2.45, 2.75) is 25.9 Å². The van der Waals surface area contributed by atoms with E-state index < -0.39 is 10.0 Å². The van der Waals surface area contributed by atoms with Gasteiger partial charge in [-0.15, -0.1) is 0 Å². The van der Waals surface area contributed by atoms with Crippen LogP contribution in [0.4, 0.5) is 0 Å². The highest BCUT2D eigenvalue weighted by Gasteiger charge is 2.13. The van der Waals surface area contributed by atoms with Crippen LogP contribution in [0.3, 0.4) is 0 Å². The molecule has 1 fully saturated rings. The molecule has 1 amide bonds. The summed E-state index contributed by atoms with van der Waals surface area (Å²) in [5.74, 6) is -0.412. The normalized spacial score (nSPS) is 14.9. The smallest absolute Gasteiger partial charge is 0.251 e. The summed E-state index contributed by atoms with van der Waals surface area (Å²) in [6.07, 6.45) is 2.51. The molecule has 6 nitrogen and oxygen atoms in total. The van der Waals surface area contributed by atoms with Crippen molar-refractivity contribution in [1.82, 2.24) is 14.9 Å². The molecule has 0 spiro atoms. The molecule has 0 bridgehead atoms. The zero-order valence-electron chi connectivity index (χ0n) is 15.9. The molecule has 2 aromatic rings. The summed E-state index contributed by atoms with van der Waals surface area (Å²) < 4.78 is 26.7. The van der Waals surface area contributed by atoms with Crippen LogP contribution in [0.2, 0.25) is 0 Å². The first-order chi connectivity index (χ1) is 13.5. The number of carbonyl (C=O) groups is 1. The zero-order chi connectivity index (χ0) is 19.8. The van der Waals surface area contributed by atoms with Gasteiger partial charge in [0.15, 0.2) is 0 Å². The topological polar surface area (TPSA) is 78.5 Å². The standard InChI is InChI=1S/C21H27N3O3S/c25-21(20-10-8-19(9-11-20)17-24-13-4-5-14-24)22-12-15-28(26,27)23-16-18-6-2-1-3-7-18/h1-3,6-11,23H,4-5,12-17H2,(H,22,25). The average molecular weight is 402 g/mol. The molecule has 0 aliphatic carbocycles. The predicted molar refractivity (Wildman–Crippen MR) is 110 cm³/mol. The van der Waals surface area contributed by atoms with Gasteiger partial charge >= 0.3 is 0 Å². The summed E-state index contributed by atoms with van der Waals surface area (Å²) in [6, 6.07) is 16.8. The largest absolute Gasteiger partial charge is 0.351 e. The Morgan fingerprint density at radius 1 is 0.929 bits per heavy atom. The maximum atomic E-state index is 12.2. The number of sulfonamides is 1. The number of hydrogen-bond acceptors (Lipinski definition) is 4. The van der Waals surface area contributed by atoms with Gasteiger partial charge in [0, 0.05) is 25.2 Å². The lowest BCUT2D eigenvalue weighted by Crippen LogP contribution is -2.34. The van der Waals surface area contributed by atoms with Gasteiger partial charge in [0.2, 0.25) is 10.0 Å². The van der Waals surface area contributed by atoms with Gasteiger partial charge in [-0.1, -0.05) is 42.5 Å². The van der Waals surface area contributed by atoms with E-state index in [9.17, 15) is 13.2 Å². The van der Waals surface area contributed by atoms with E-state index in [0.29, 0.717) is 5.56 Å². The molecule has 0 saturated carbocycles. The van der Waals surface area contributed by atoms with Crippen molar-refractivity contribution < 1.29 is 13.2 Å². The Kier molecular flexibility index (Phi) is 7.19. The van der Waals surface area contributed by atoms with Crippen LogP contribution in [0.1, 0.15) is 34.3 Å². The molecule has 0 unspecified atom stereocenters. The second-order valence-electron chi connectivity index (χ2n) is 7.06. The molecule has 2 N–H and O–H groups in total. The molecule has 28 heavy (non-hydrogen) atoms. The Bertz CT molecular complexity index is 862. The van der Waals surface area contributed by atoms with Crippen LogP contribution >= 0.6 is 0 Å². The van der Waals surface area contributed by atoms with Crippen molar-refractivity contribution in [1.29, 1.82) is 0 Å². The van der Waals surface area contributed by atoms with E-state index in [1.165, 1.54) is 18.4 Å². The Hall–Kier alpha value is -2.22. The monoisotopic (exact) mass is 401 g/mol. The first-order valence-electron chi connectivity index (χ1n) is 9.63. The highest BCUT2D eigenvalue weighted by atomic mass is 32.2. The molecule has 3 rings (SSSR count). The average Bonchev–Trinajstić information content (AvgIpc) is 3.21. The fourth-order valence-corrected chi connectivity index (χ4v) is 4.12. The van der Waals surface area contributed by atoms with Gasteiger partial charge in [-0.25, -0.2) is 13.1 Å². The third-order valence-electron chi connectivity index (χ3n) is 4.82. The van der Waals surface area contributed by atoms with E-state index in [4.69, 9.17) is 0 Å². The van der Waals surface area contributed by atoms with Crippen LogP contribution in [0.5, 0.6) is 0 Å². The molecule has 1 saturated heterocycles. The molecule has 7 heteroatoms. The number of likely N-dealkylation sites (tertiary alicyclic amines) is 1. The molecule has 1 aliphatic heterocycles. The fraction of sp³-hybridized carbons (Fsp3) is 0.381. The van der Waals surface area contributed by atoms with Crippen molar-refractivity contribution in [3.63, 3.8) is 0 Å². The molecule has 150 valence electrons. The summed E-state index contributed by atoms with van der Waals surface area (Å²) >= 11 is 0. The van der Waals surface area contributed by atoms with Crippen molar-refractivity contribution >= 4 is 15.9 Å². The third kappa shape index (κ3) is 6.44. The molecule has 0 atom stereocenters. The summed E-state index contributed by atoms with van der Waals surface area (Å²) in [7, 11) is -3.45. The van der Waals surface area contributed by atoms with E-state index >= 15 is 0 Å². The quantitative estimate of drug-likeness (QED) is 0.675. The number of carbonyl (C=O) groups excluding carboxylic acids is 1. The van der Waals surface area contributed by atoms with Gasteiger partial charge in [0.05, 0.1) is 5.75 Å². The summed E-state index contributed by atoms with van der Waals surface area (Å²) in [6.45, 7) is 3.49. The highest BCUT2D eigenvalue weighted by molar-refractivity contribution is 7.89. The number of benzene rings is 2. The fourth-order valence-electron chi connectivity index (χ4n) is 3.22. The van der Waals surface area contributed by atoms with Crippen LogP contribution in [0.15, 0.2) is 54.6 Å². The van der Waals surface area contributed by atoms with Crippen LogP contribution in [0.25, 0.3) is 0 Å². The van der Waals surface area contributed by atoms with E-state index in [1.807, 2.05) is 42.5 Å². The number of nitrogens with one attached hydrogen (secondary N) is 2. The number of rotatable bonds is 9. The summed E-state index contributed by atoms with van der Waals surface area (Å²) in [4.78, 5) is 14.6. The Morgan fingerprint density at radius 2 is 1.61 bits per heavy atom. The van der Waals surface area contributed by atoms with E-state index in [1.54, 1.807) is 12.1 Å². The second kappa shape index (κ2) is 9.82. The van der Waals surface area contributed by atoms with Gasteiger partial charge < -0.3 is 5.32 Å². The number of nitrogens with zero attached hydrogens (tertiary/aromatic N) is 1. The van der Waals surface area contributed by atoms with Gasteiger partial charge in [-0.2, -0.15) is 0 Å². The maximum Gasteiger partial charge on any atom is 0.251 e. The predicted octanol–water partition coefficient (Wildman–Crippen LogP) is 2.13. The molecular formula is C21H27N3O3S. The van der Waals surface area contributed by atoms with Crippen LogP contribution in [0, 0.1) is 0 Å². The maximum absolute atomic E-state index is 12.2. The van der Waals surface area contributed by atoms with Gasteiger partial charge in [0.1, 0.15) is 0 Å². The minimum Gasteiger partial charge on any atom is -0.351 e. The van der Waals surface area contributed by atoms with E-state index in [0.717, 1.165) is 25.2 Å². The lowest BCUT2D eigenvalue weighted by Gasteiger charge is -2.14. The Labute approximate surface area is 167 Å². The first kappa shape index (κ1) is 20.5. The SMILES string of the molecule is O=C(NCCS(=O)(=O)NCc1ccccc1)c1ccc(CN2CCCC2)cc1. The van der Waals surface area contributed by atoms with Crippen molar-refractivity contribution in [3.05, 3.63) is 71.3 Å². The molecule has 1 aliphatic rings. The Morgan fingerprint density at radius 3 is 2.29 bits per heavy atom. The van der Waals surface area contributed by atoms with Crippen LogP contribution < -0.4 is 10.0 Å². The van der Waals surface area contributed by atoms with Crippen molar-refractivity contribution in [2.24, 2.45) is 0 Å². The van der Waals surface area contributed by atoms with Gasteiger partial charge in [-0.05, 0) is 49.2 Å². The summed E-state index contributed by atoms with van der Waals surface area (Å²) in [5, 5.41) is 2.68. The Balaban J connectivity index is 1.41. The number of amides is 1. The second-order valence-corrected chi connectivity index (χ2v) is 8.99. The van der Waals surface area contributed by atoms with E-state index in [-0.39, 0.29) is 24.7 Å². The van der Waals surface area contributed by atoms with Crippen molar-refractivity contribution in [2.75, 3.05) is 25.4 Å².